The van der Waals surface area contributed by atoms with Crippen LogP contribution in [0.25, 0.3) is 0 Å². The number of methoxy groups -OCH3 is 1. The van der Waals surface area contributed by atoms with Gasteiger partial charge in [-0.2, -0.15) is 0 Å². The summed E-state index contributed by atoms with van der Waals surface area (Å²) in [7, 11) is -1.81. The molecule has 2 atom stereocenters. The van der Waals surface area contributed by atoms with Crippen molar-refractivity contribution in [3.63, 3.8) is 0 Å². The van der Waals surface area contributed by atoms with Gasteiger partial charge in [0.2, 0.25) is 0 Å². The fraction of sp³-hybridized carbons (Fsp3) is 0.667. The molecule has 0 aliphatic heterocycles. The Kier molecular flexibility index (Phi) is 3.27. The molecular weight excluding hydrogens is 230 g/mol. The van der Waals surface area contributed by atoms with Crippen molar-refractivity contribution in [2.75, 3.05) is 7.11 Å². The summed E-state index contributed by atoms with van der Waals surface area (Å²) in [6.45, 7) is 0. The molecule has 0 saturated heterocycles. The zero-order valence-corrected chi connectivity index (χ0v) is 9.83. The molecule has 1 aliphatic rings. The Bertz CT molecular complexity index is 429. The van der Waals surface area contributed by atoms with Crippen molar-refractivity contribution in [3.8, 4) is 0 Å². The highest BCUT2D eigenvalue weighted by molar-refractivity contribution is 7.89. The monoisotopic (exact) mass is 245 g/mol. The Labute approximate surface area is 94.5 Å². The molecule has 1 heterocycles. The first-order chi connectivity index (χ1) is 7.62. The van der Waals surface area contributed by atoms with Crippen molar-refractivity contribution in [1.29, 1.82) is 0 Å². The van der Waals surface area contributed by atoms with Crippen LogP contribution in [0.3, 0.4) is 0 Å². The lowest BCUT2D eigenvalue weighted by Gasteiger charge is -2.12. The quantitative estimate of drug-likeness (QED) is 0.796. The molecule has 1 aliphatic carbocycles. The van der Waals surface area contributed by atoms with Crippen molar-refractivity contribution >= 4 is 10.0 Å². The normalized spacial score (nSPS) is 26.1. The van der Waals surface area contributed by atoms with E-state index in [0.29, 0.717) is 0 Å². The fourth-order valence-corrected chi connectivity index (χ4v) is 3.12. The Morgan fingerprint density at radius 2 is 2.38 bits per heavy atom. The topological polar surface area (TPSA) is 84.1 Å². The number of imidazole rings is 1. The predicted octanol–water partition coefficient (Wildman–Crippen LogP) is 0.255. The minimum absolute atomic E-state index is 0.0433. The molecule has 7 heteroatoms. The summed E-state index contributed by atoms with van der Waals surface area (Å²) in [6.07, 6.45) is 5.24. The highest BCUT2D eigenvalue weighted by Gasteiger charge is 2.29. The Morgan fingerprint density at radius 3 is 2.94 bits per heavy atom. The van der Waals surface area contributed by atoms with Gasteiger partial charge in [0.05, 0.1) is 18.6 Å². The van der Waals surface area contributed by atoms with Crippen LogP contribution >= 0.6 is 0 Å². The number of rotatable bonds is 4. The van der Waals surface area contributed by atoms with Crippen molar-refractivity contribution < 1.29 is 13.2 Å². The molecule has 0 spiro atoms. The number of hydrogen-bond donors (Lipinski definition) is 2. The molecule has 1 fully saturated rings. The van der Waals surface area contributed by atoms with Gasteiger partial charge in [0.25, 0.3) is 10.0 Å². The molecular formula is C9H15N3O3S. The Hall–Kier alpha value is -0.920. The lowest BCUT2D eigenvalue weighted by atomic mass is 10.3. The van der Waals surface area contributed by atoms with Crippen LogP contribution in [0.15, 0.2) is 17.6 Å². The molecule has 0 radical (unpaired) electrons. The number of aromatic amines is 1. The summed E-state index contributed by atoms with van der Waals surface area (Å²) in [6, 6.07) is -0.0433. The van der Waals surface area contributed by atoms with Gasteiger partial charge in [0.15, 0.2) is 5.03 Å². The molecule has 0 bridgehead atoms. The van der Waals surface area contributed by atoms with Gasteiger partial charge in [-0.15, -0.1) is 0 Å². The average molecular weight is 245 g/mol. The van der Waals surface area contributed by atoms with E-state index in [1.807, 2.05) is 0 Å². The van der Waals surface area contributed by atoms with E-state index >= 15 is 0 Å². The van der Waals surface area contributed by atoms with Gasteiger partial charge in [-0.25, -0.2) is 18.1 Å². The van der Waals surface area contributed by atoms with E-state index in [0.717, 1.165) is 19.3 Å². The lowest BCUT2D eigenvalue weighted by molar-refractivity contribution is 0.107. The van der Waals surface area contributed by atoms with Crippen molar-refractivity contribution in [2.45, 2.75) is 36.4 Å². The Balaban J connectivity index is 2.00. The van der Waals surface area contributed by atoms with E-state index in [1.54, 1.807) is 7.11 Å². The summed E-state index contributed by atoms with van der Waals surface area (Å²) in [5, 5.41) is 0.105. The maximum Gasteiger partial charge on any atom is 0.257 e. The van der Waals surface area contributed by atoms with Crippen LogP contribution in [0.4, 0.5) is 0 Å². The van der Waals surface area contributed by atoms with Gasteiger partial charge in [0.1, 0.15) is 0 Å². The van der Waals surface area contributed by atoms with E-state index < -0.39 is 10.0 Å². The Morgan fingerprint density at radius 1 is 1.56 bits per heavy atom. The van der Waals surface area contributed by atoms with Crippen LogP contribution in [-0.2, 0) is 14.8 Å². The van der Waals surface area contributed by atoms with E-state index in [-0.39, 0.29) is 17.2 Å². The largest absolute Gasteiger partial charge is 0.381 e. The van der Waals surface area contributed by atoms with Crippen LogP contribution in [0.5, 0.6) is 0 Å². The SMILES string of the molecule is COC1CCC(NS(=O)(=O)c2cnc[nH]2)C1. The molecule has 2 rings (SSSR count). The van der Waals surface area contributed by atoms with Gasteiger partial charge in [0, 0.05) is 13.2 Å². The van der Waals surface area contributed by atoms with E-state index in [2.05, 4.69) is 14.7 Å². The zero-order chi connectivity index (χ0) is 11.6. The average Bonchev–Trinajstić information content (AvgIpc) is 2.86. The maximum absolute atomic E-state index is 11.8. The van der Waals surface area contributed by atoms with Crippen molar-refractivity contribution in [2.24, 2.45) is 0 Å². The van der Waals surface area contributed by atoms with Gasteiger partial charge in [-0.1, -0.05) is 0 Å². The zero-order valence-electron chi connectivity index (χ0n) is 9.01. The highest BCUT2D eigenvalue weighted by atomic mass is 32.2. The maximum atomic E-state index is 11.8. The van der Waals surface area contributed by atoms with Gasteiger partial charge in [-0.05, 0) is 19.3 Å². The van der Waals surface area contributed by atoms with E-state index in [9.17, 15) is 8.42 Å². The standard InChI is InChI=1S/C9H15N3O3S/c1-15-8-3-2-7(4-8)12-16(13,14)9-5-10-6-11-9/h5-8,12H,2-4H2,1H3,(H,10,11). The van der Waals surface area contributed by atoms with Gasteiger partial charge in [-0.3, -0.25) is 0 Å². The second kappa shape index (κ2) is 4.52. The number of aromatic nitrogens is 2. The second-order valence-electron chi connectivity index (χ2n) is 3.90. The molecule has 1 saturated carbocycles. The van der Waals surface area contributed by atoms with Crippen molar-refractivity contribution in [3.05, 3.63) is 12.5 Å². The van der Waals surface area contributed by atoms with E-state index in [1.165, 1.54) is 12.5 Å². The summed E-state index contributed by atoms with van der Waals surface area (Å²) in [5.41, 5.74) is 0. The van der Waals surface area contributed by atoms with Crippen LogP contribution < -0.4 is 4.72 Å². The summed E-state index contributed by atoms with van der Waals surface area (Å²) in [5.74, 6) is 0. The first-order valence-electron chi connectivity index (χ1n) is 5.15. The first-order valence-corrected chi connectivity index (χ1v) is 6.63. The molecule has 0 aromatic carbocycles. The molecule has 1 aromatic heterocycles. The molecule has 16 heavy (non-hydrogen) atoms. The molecule has 6 nitrogen and oxygen atoms in total. The minimum Gasteiger partial charge on any atom is -0.381 e. The molecule has 2 unspecified atom stereocenters. The number of ether oxygens (including phenoxy) is 1. The third-order valence-electron chi connectivity index (χ3n) is 2.80. The third kappa shape index (κ3) is 2.42. The molecule has 1 aromatic rings. The molecule has 2 N–H and O–H groups in total. The summed E-state index contributed by atoms with van der Waals surface area (Å²) in [4.78, 5) is 6.28. The number of nitrogens with one attached hydrogen (secondary N) is 2. The highest BCUT2D eigenvalue weighted by Crippen LogP contribution is 2.22. The van der Waals surface area contributed by atoms with E-state index in [4.69, 9.17) is 4.74 Å². The number of hydrogen-bond acceptors (Lipinski definition) is 4. The third-order valence-corrected chi connectivity index (χ3v) is 4.25. The van der Waals surface area contributed by atoms with Crippen LogP contribution in [0.1, 0.15) is 19.3 Å². The van der Waals surface area contributed by atoms with Gasteiger partial charge >= 0.3 is 0 Å². The van der Waals surface area contributed by atoms with Crippen LogP contribution in [0.2, 0.25) is 0 Å². The summed E-state index contributed by atoms with van der Waals surface area (Å²) >= 11 is 0. The van der Waals surface area contributed by atoms with Crippen molar-refractivity contribution in [1.82, 2.24) is 14.7 Å². The first kappa shape index (κ1) is 11.6. The molecule has 90 valence electrons. The summed E-state index contributed by atoms with van der Waals surface area (Å²) < 4.78 is 31.5. The second-order valence-corrected chi connectivity index (χ2v) is 5.59. The van der Waals surface area contributed by atoms with Crippen LogP contribution in [-0.4, -0.2) is 37.6 Å². The predicted molar refractivity (Wildman–Crippen MR) is 57.3 cm³/mol. The minimum atomic E-state index is -3.46. The number of sulfonamides is 1. The lowest BCUT2D eigenvalue weighted by Crippen LogP contribution is -2.33. The smallest absolute Gasteiger partial charge is 0.257 e. The fourth-order valence-electron chi connectivity index (χ4n) is 1.93. The molecule has 0 amide bonds. The van der Waals surface area contributed by atoms with Gasteiger partial charge < -0.3 is 9.72 Å². The van der Waals surface area contributed by atoms with Crippen LogP contribution in [0, 0.1) is 0 Å². The number of H-pyrrole nitrogens is 1. The number of nitrogens with zero attached hydrogens (tertiary/aromatic N) is 1.